The smallest absolute Gasteiger partial charge is 0.147 e. The highest BCUT2D eigenvalue weighted by atomic mass is 79.9. The Hall–Kier alpha value is -0.770. The molecule has 2 aromatic rings. The Bertz CT molecular complexity index is 586. The maximum atomic E-state index is 11.9. The van der Waals surface area contributed by atoms with Crippen LogP contribution in [0.15, 0.2) is 57.9 Å². The third-order valence-corrected chi connectivity index (χ3v) is 4.60. The molecule has 0 aromatic heterocycles. The fourth-order valence-corrected chi connectivity index (χ4v) is 3.12. The van der Waals surface area contributed by atoms with E-state index in [1.807, 2.05) is 48.5 Å². The van der Waals surface area contributed by atoms with Crippen LogP contribution in [-0.4, -0.2) is 11.5 Å². The summed E-state index contributed by atoms with van der Waals surface area (Å²) >= 11 is 10.9. The fourth-order valence-electron chi connectivity index (χ4n) is 1.63. The van der Waals surface area contributed by atoms with Gasteiger partial charge in [-0.2, -0.15) is 0 Å². The molecule has 0 atom stereocenters. The van der Waals surface area contributed by atoms with Crippen LogP contribution in [-0.2, 0) is 11.2 Å². The van der Waals surface area contributed by atoms with E-state index in [4.69, 9.17) is 11.6 Å². The van der Waals surface area contributed by atoms with Crippen LogP contribution in [0.5, 0.6) is 0 Å². The number of rotatable bonds is 5. The lowest BCUT2D eigenvalue weighted by atomic mass is 10.1. The van der Waals surface area contributed by atoms with Gasteiger partial charge in [-0.15, -0.1) is 11.8 Å². The quantitative estimate of drug-likeness (QED) is 0.702. The molecule has 0 bridgehead atoms. The zero-order chi connectivity index (χ0) is 13.7. The molecular weight excluding hydrogens is 344 g/mol. The largest absolute Gasteiger partial charge is 0.298 e. The molecular formula is C15H12BrClOS. The Morgan fingerprint density at radius 1 is 1.16 bits per heavy atom. The number of halogens is 2. The molecule has 0 saturated heterocycles. The maximum Gasteiger partial charge on any atom is 0.147 e. The number of thioether (sulfide) groups is 1. The number of benzene rings is 2. The van der Waals surface area contributed by atoms with Crippen molar-refractivity contribution in [3.63, 3.8) is 0 Å². The Morgan fingerprint density at radius 3 is 2.68 bits per heavy atom. The van der Waals surface area contributed by atoms with E-state index in [0.29, 0.717) is 17.2 Å². The fraction of sp³-hybridized carbons (Fsp3) is 0.133. The number of hydrogen-bond donors (Lipinski definition) is 0. The minimum absolute atomic E-state index is 0.205. The first-order valence-electron chi connectivity index (χ1n) is 5.78. The van der Waals surface area contributed by atoms with E-state index in [1.54, 1.807) is 0 Å². The first-order chi connectivity index (χ1) is 9.15. The Kier molecular flexibility index (Phi) is 5.49. The monoisotopic (exact) mass is 354 g/mol. The zero-order valence-corrected chi connectivity index (χ0v) is 13.3. The van der Waals surface area contributed by atoms with Gasteiger partial charge in [-0.1, -0.05) is 51.8 Å². The van der Waals surface area contributed by atoms with E-state index in [9.17, 15) is 4.79 Å². The van der Waals surface area contributed by atoms with Crippen LogP contribution in [0, 0.1) is 0 Å². The van der Waals surface area contributed by atoms with Gasteiger partial charge in [0.05, 0.1) is 5.75 Å². The molecule has 0 amide bonds. The molecule has 98 valence electrons. The van der Waals surface area contributed by atoms with Gasteiger partial charge < -0.3 is 0 Å². The number of carbonyl (C=O) groups excluding carboxylic acids is 1. The molecule has 0 heterocycles. The summed E-state index contributed by atoms with van der Waals surface area (Å²) in [6.07, 6.45) is 0.453. The van der Waals surface area contributed by atoms with Gasteiger partial charge in [-0.25, -0.2) is 0 Å². The number of ketones is 1. The summed E-state index contributed by atoms with van der Waals surface area (Å²) < 4.78 is 0.983. The predicted molar refractivity (Wildman–Crippen MR) is 85.0 cm³/mol. The summed E-state index contributed by atoms with van der Waals surface area (Å²) in [4.78, 5) is 13.0. The van der Waals surface area contributed by atoms with Crippen LogP contribution in [0.25, 0.3) is 0 Å². The SMILES string of the molecule is O=C(CSc1cccc(Cl)c1)Cc1ccccc1Br. The van der Waals surface area contributed by atoms with Gasteiger partial charge in [-0.05, 0) is 29.8 Å². The highest BCUT2D eigenvalue weighted by Gasteiger charge is 2.07. The summed E-state index contributed by atoms with van der Waals surface area (Å²) in [7, 11) is 0. The van der Waals surface area contributed by atoms with Crippen molar-refractivity contribution in [3.05, 3.63) is 63.6 Å². The van der Waals surface area contributed by atoms with Gasteiger partial charge in [0.1, 0.15) is 5.78 Å². The number of Topliss-reactive ketones (excluding diaryl/α,β-unsaturated/α-hetero) is 1. The standard InChI is InChI=1S/C15H12BrClOS/c16-15-7-2-1-4-11(15)8-13(18)10-19-14-6-3-5-12(17)9-14/h1-7,9H,8,10H2. The van der Waals surface area contributed by atoms with Gasteiger partial charge in [0.25, 0.3) is 0 Å². The minimum atomic E-state index is 0.205. The van der Waals surface area contributed by atoms with Crippen LogP contribution >= 0.6 is 39.3 Å². The van der Waals surface area contributed by atoms with Crippen molar-refractivity contribution in [1.82, 2.24) is 0 Å². The third kappa shape index (κ3) is 4.68. The van der Waals surface area contributed by atoms with Crippen LogP contribution in [0.4, 0.5) is 0 Å². The molecule has 0 unspecified atom stereocenters. The van der Waals surface area contributed by atoms with Gasteiger partial charge in [0, 0.05) is 20.8 Å². The summed E-state index contributed by atoms with van der Waals surface area (Å²) in [5.74, 6) is 0.665. The predicted octanol–water partition coefficient (Wildman–Crippen LogP) is 5.01. The van der Waals surface area contributed by atoms with Crippen LogP contribution < -0.4 is 0 Å². The molecule has 0 radical (unpaired) electrons. The van der Waals surface area contributed by atoms with E-state index in [1.165, 1.54) is 11.8 Å². The molecule has 4 heteroatoms. The van der Waals surface area contributed by atoms with Crippen LogP contribution in [0.1, 0.15) is 5.56 Å². The van der Waals surface area contributed by atoms with Crippen molar-refractivity contribution in [2.45, 2.75) is 11.3 Å². The van der Waals surface area contributed by atoms with Crippen molar-refractivity contribution in [1.29, 1.82) is 0 Å². The van der Waals surface area contributed by atoms with Crippen molar-refractivity contribution >= 4 is 45.1 Å². The third-order valence-electron chi connectivity index (χ3n) is 2.54. The van der Waals surface area contributed by atoms with E-state index >= 15 is 0 Å². The topological polar surface area (TPSA) is 17.1 Å². The van der Waals surface area contributed by atoms with Gasteiger partial charge in [0.15, 0.2) is 0 Å². The van der Waals surface area contributed by atoms with Gasteiger partial charge >= 0.3 is 0 Å². The Labute approximate surface area is 130 Å². The highest BCUT2D eigenvalue weighted by molar-refractivity contribution is 9.10. The van der Waals surface area contributed by atoms with Crippen molar-refractivity contribution in [2.24, 2.45) is 0 Å². The van der Waals surface area contributed by atoms with E-state index in [2.05, 4.69) is 15.9 Å². The molecule has 0 aliphatic heterocycles. The molecule has 19 heavy (non-hydrogen) atoms. The van der Waals surface area contributed by atoms with E-state index in [0.717, 1.165) is 14.9 Å². The lowest BCUT2D eigenvalue weighted by Crippen LogP contribution is -2.06. The molecule has 0 aliphatic rings. The zero-order valence-electron chi connectivity index (χ0n) is 10.1. The molecule has 0 spiro atoms. The van der Waals surface area contributed by atoms with E-state index < -0.39 is 0 Å². The second-order valence-corrected chi connectivity index (χ2v) is 6.39. The molecule has 2 rings (SSSR count). The summed E-state index contributed by atoms with van der Waals surface area (Å²) in [6, 6.07) is 15.4. The first-order valence-corrected chi connectivity index (χ1v) is 7.94. The molecule has 0 saturated carbocycles. The lowest BCUT2D eigenvalue weighted by Gasteiger charge is -2.04. The Balaban J connectivity index is 1.90. The lowest BCUT2D eigenvalue weighted by molar-refractivity contribution is -0.116. The molecule has 1 nitrogen and oxygen atoms in total. The highest BCUT2D eigenvalue weighted by Crippen LogP contribution is 2.23. The molecule has 0 aliphatic carbocycles. The average molecular weight is 356 g/mol. The van der Waals surface area contributed by atoms with Gasteiger partial charge in [-0.3, -0.25) is 4.79 Å². The average Bonchev–Trinajstić information content (AvgIpc) is 2.39. The first kappa shape index (κ1) is 14.6. The van der Waals surface area contributed by atoms with Crippen molar-refractivity contribution in [3.8, 4) is 0 Å². The maximum absolute atomic E-state index is 11.9. The summed E-state index contributed by atoms with van der Waals surface area (Å²) in [5, 5.41) is 0.697. The molecule has 2 aromatic carbocycles. The molecule has 0 fully saturated rings. The van der Waals surface area contributed by atoms with Crippen LogP contribution in [0.2, 0.25) is 5.02 Å². The normalized spacial score (nSPS) is 10.4. The summed E-state index contributed by atoms with van der Waals surface area (Å²) in [5.41, 5.74) is 1.03. The van der Waals surface area contributed by atoms with Crippen molar-refractivity contribution < 1.29 is 4.79 Å². The molecule has 0 N–H and O–H groups in total. The van der Waals surface area contributed by atoms with Crippen LogP contribution in [0.3, 0.4) is 0 Å². The number of hydrogen-bond acceptors (Lipinski definition) is 2. The van der Waals surface area contributed by atoms with Gasteiger partial charge in [0.2, 0.25) is 0 Å². The minimum Gasteiger partial charge on any atom is -0.298 e. The van der Waals surface area contributed by atoms with E-state index in [-0.39, 0.29) is 5.78 Å². The second kappa shape index (κ2) is 7.13. The summed E-state index contributed by atoms with van der Waals surface area (Å²) in [6.45, 7) is 0. The Morgan fingerprint density at radius 2 is 1.95 bits per heavy atom. The second-order valence-electron chi connectivity index (χ2n) is 4.05. The van der Waals surface area contributed by atoms with Crippen molar-refractivity contribution in [2.75, 3.05) is 5.75 Å². The number of carbonyl (C=O) groups is 1.